The van der Waals surface area contributed by atoms with Crippen LogP contribution in [-0.2, 0) is 10.3 Å². The molecule has 5 nitrogen and oxygen atoms in total. The van der Waals surface area contributed by atoms with E-state index in [9.17, 15) is 9.59 Å². The van der Waals surface area contributed by atoms with Crippen LogP contribution >= 0.6 is 0 Å². The molecule has 1 fully saturated rings. The van der Waals surface area contributed by atoms with Gasteiger partial charge in [-0.3, -0.25) is 9.59 Å². The molecular weight excluding hydrogens is 292 g/mol. The van der Waals surface area contributed by atoms with Crippen LogP contribution < -0.4 is 10.6 Å². The third-order valence-electron chi connectivity index (χ3n) is 4.38. The van der Waals surface area contributed by atoms with Gasteiger partial charge >= 0.3 is 0 Å². The van der Waals surface area contributed by atoms with Gasteiger partial charge in [0.05, 0.1) is 11.8 Å². The standard InChI is InChI=1S/C18H20N2O3/c1-13(19-17(22)15-9-5-12-23-15)16(21)20-18(10-6-11-18)14-7-3-2-4-8-14/h2-5,7-9,12-13H,6,10-11H2,1H3,(H,19,22)(H,20,21). The average Bonchev–Trinajstić information content (AvgIpc) is 3.06. The first-order chi connectivity index (χ1) is 11.1. The first kappa shape index (κ1) is 15.3. The molecule has 1 aromatic carbocycles. The summed E-state index contributed by atoms with van der Waals surface area (Å²) in [6.45, 7) is 1.67. The summed E-state index contributed by atoms with van der Waals surface area (Å²) in [7, 11) is 0. The summed E-state index contributed by atoms with van der Waals surface area (Å²) < 4.78 is 5.03. The van der Waals surface area contributed by atoms with Crippen LogP contribution in [0.25, 0.3) is 0 Å². The highest BCUT2D eigenvalue weighted by Crippen LogP contribution is 2.41. The average molecular weight is 312 g/mol. The fourth-order valence-corrected chi connectivity index (χ4v) is 2.86. The summed E-state index contributed by atoms with van der Waals surface area (Å²) >= 11 is 0. The lowest BCUT2D eigenvalue weighted by molar-refractivity contribution is -0.125. The summed E-state index contributed by atoms with van der Waals surface area (Å²) in [5.74, 6) is -0.375. The van der Waals surface area contributed by atoms with Gasteiger partial charge in [-0.2, -0.15) is 0 Å². The van der Waals surface area contributed by atoms with E-state index in [-0.39, 0.29) is 23.1 Å². The molecule has 1 aliphatic rings. The van der Waals surface area contributed by atoms with Gasteiger partial charge in [0.15, 0.2) is 5.76 Å². The van der Waals surface area contributed by atoms with Crippen LogP contribution in [0, 0.1) is 0 Å². The van der Waals surface area contributed by atoms with Gasteiger partial charge in [-0.15, -0.1) is 0 Å². The number of benzene rings is 1. The van der Waals surface area contributed by atoms with Crippen molar-refractivity contribution >= 4 is 11.8 Å². The third-order valence-corrected chi connectivity index (χ3v) is 4.38. The lowest BCUT2D eigenvalue weighted by atomic mass is 9.71. The highest BCUT2D eigenvalue weighted by atomic mass is 16.3. The van der Waals surface area contributed by atoms with E-state index in [0.717, 1.165) is 24.8 Å². The van der Waals surface area contributed by atoms with E-state index in [4.69, 9.17) is 4.42 Å². The van der Waals surface area contributed by atoms with Crippen LogP contribution in [0.15, 0.2) is 53.1 Å². The van der Waals surface area contributed by atoms with Gasteiger partial charge in [0, 0.05) is 0 Å². The summed E-state index contributed by atoms with van der Waals surface area (Å²) in [6, 6.07) is 12.6. The van der Waals surface area contributed by atoms with Gasteiger partial charge in [0.2, 0.25) is 5.91 Å². The second kappa shape index (κ2) is 6.28. The zero-order valence-electron chi connectivity index (χ0n) is 13.0. The molecule has 1 aromatic heterocycles. The van der Waals surface area contributed by atoms with Crippen LogP contribution in [0.1, 0.15) is 42.3 Å². The van der Waals surface area contributed by atoms with E-state index in [0.29, 0.717) is 0 Å². The van der Waals surface area contributed by atoms with Gasteiger partial charge in [0.1, 0.15) is 6.04 Å². The Hall–Kier alpha value is -2.56. The Morgan fingerprint density at radius 2 is 1.87 bits per heavy atom. The summed E-state index contributed by atoms with van der Waals surface area (Å²) in [5, 5.41) is 5.77. The van der Waals surface area contributed by atoms with Crippen molar-refractivity contribution in [3.05, 3.63) is 60.1 Å². The summed E-state index contributed by atoms with van der Waals surface area (Å²) in [6.07, 6.45) is 4.35. The predicted octanol–water partition coefficient (Wildman–Crippen LogP) is 2.59. The van der Waals surface area contributed by atoms with Crippen molar-refractivity contribution in [1.82, 2.24) is 10.6 Å². The van der Waals surface area contributed by atoms with Crippen molar-refractivity contribution in [2.24, 2.45) is 0 Å². The fraction of sp³-hybridized carbons (Fsp3) is 0.333. The SMILES string of the molecule is CC(NC(=O)c1ccco1)C(=O)NC1(c2ccccc2)CCC1. The topological polar surface area (TPSA) is 71.3 Å². The molecule has 1 saturated carbocycles. The molecule has 1 atom stereocenters. The van der Waals surface area contributed by atoms with Crippen LogP contribution in [0.5, 0.6) is 0 Å². The molecule has 0 aliphatic heterocycles. The molecular formula is C18H20N2O3. The van der Waals surface area contributed by atoms with Crippen molar-refractivity contribution in [2.45, 2.75) is 37.8 Å². The first-order valence-corrected chi connectivity index (χ1v) is 7.83. The van der Waals surface area contributed by atoms with Crippen molar-refractivity contribution < 1.29 is 14.0 Å². The van der Waals surface area contributed by atoms with Crippen molar-refractivity contribution in [3.8, 4) is 0 Å². The summed E-state index contributed by atoms with van der Waals surface area (Å²) in [5.41, 5.74) is 0.811. The molecule has 5 heteroatoms. The maximum absolute atomic E-state index is 12.5. The molecule has 0 saturated heterocycles. The van der Waals surface area contributed by atoms with Crippen LogP contribution in [0.3, 0.4) is 0 Å². The minimum absolute atomic E-state index is 0.187. The second-order valence-electron chi connectivity index (χ2n) is 5.96. The Kier molecular flexibility index (Phi) is 4.19. The summed E-state index contributed by atoms with van der Waals surface area (Å²) in [4.78, 5) is 24.4. The Morgan fingerprint density at radius 1 is 1.13 bits per heavy atom. The van der Waals surface area contributed by atoms with E-state index in [1.807, 2.05) is 30.3 Å². The molecule has 23 heavy (non-hydrogen) atoms. The molecule has 0 spiro atoms. The smallest absolute Gasteiger partial charge is 0.287 e. The fourth-order valence-electron chi connectivity index (χ4n) is 2.86. The number of hydrogen-bond donors (Lipinski definition) is 2. The second-order valence-corrected chi connectivity index (χ2v) is 5.96. The monoisotopic (exact) mass is 312 g/mol. The number of furan rings is 1. The van der Waals surface area contributed by atoms with Crippen LogP contribution in [-0.4, -0.2) is 17.9 Å². The molecule has 120 valence electrons. The molecule has 3 rings (SSSR count). The van der Waals surface area contributed by atoms with Gasteiger partial charge in [-0.05, 0) is 43.9 Å². The molecule has 2 amide bonds. The minimum atomic E-state index is -0.631. The maximum Gasteiger partial charge on any atom is 0.287 e. The van der Waals surface area contributed by atoms with Gasteiger partial charge in [0.25, 0.3) is 5.91 Å². The van der Waals surface area contributed by atoms with E-state index >= 15 is 0 Å². The molecule has 0 radical (unpaired) electrons. The van der Waals surface area contributed by atoms with E-state index < -0.39 is 6.04 Å². The lowest BCUT2D eigenvalue weighted by Crippen LogP contribution is -2.56. The predicted molar refractivity (Wildman–Crippen MR) is 85.7 cm³/mol. The molecule has 1 aliphatic carbocycles. The molecule has 1 heterocycles. The normalized spacial score (nSPS) is 16.9. The molecule has 0 bridgehead atoms. The van der Waals surface area contributed by atoms with Gasteiger partial charge < -0.3 is 15.1 Å². The zero-order valence-corrected chi connectivity index (χ0v) is 13.0. The van der Waals surface area contributed by atoms with Crippen LogP contribution in [0.4, 0.5) is 0 Å². The largest absolute Gasteiger partial charge is 0.459 e. The highest BCUT2D eigenvalue weighted by molar-refractivity contribution is 5.95. The van der Waals surface area contributed by atoms with Crippen LogP contribution in [0.2, 0.25) is 0 Å². The zero-order chi connectivity index (χ0) is 16.3. The number of hydrogen-bond acceptors (Lipinski definition) is 3. The van der Waals surface area contributed by atoms with Crippen molar-refractivity contribution in [3.63, 3.8) is 0 Å². The molecule has 2 N–H and O–H groups in total. The van der Waals surface area contributed by atoms with E-state index in [2.05, 4.69) is 10.6 Å². The van der Waals surface area contributed by atoms with Gasteiger partial charge in [-0.25, -0.2) is 0 Å². The number of carbonyl (C=O) groups excluding carboxylic acids is 2. The van der Waals surface area contributed by atoms with Crippen molar-refractivity contribution in [2.75, 3.05) is 0 Å². The first-order valence-electron chi connectivity index (χ1n) is 7.83. The highest BCUT2D eigenvalue weighted by Gasteiger charge is 2.40. The third kappa shape index (κ3) is 3.13. The van der Waals surface area contributed by atoms with Gasteiger partial charge in [-0.1, -0.05) is 30.3 Å². The minimum Gasteiger partial charge on any atom is -0.459 e. The van der Waals surface area contributed by atoms with E-state index in [1.165, 1.54) is 6.26 Å². The number of carbonyl (C=O) groups is 2. The van der Waals surface area contributed by atoms with E-state index in [1.54, 1.807) is 19.1 Å². The molecule has 1 unspecified atom stereocenters. The molecule has 2 aromatic rings. The Bertz CT molecular complexity index is 676. The quantitative estimate of drug-likeness (QED) is 0.891. The lowest BCUT2D eigenvalue weighted by Gasteiger charge is -2.43. The number of amides is 2. The number of rotatable bonds is 5. The maximum atomic E-state index is 12.5. The number of nitrogens with one attached hydrogen (secondary N) is 2. The Balaban J connectivity index is 1.65. The van der Waals surface area contributed by atoms with Crippen molar-refractivity contribution in [1.29, 1.82) is 0 Å². The Labute approximate surface area is 135 Å². The Morgan fingerprint density at radius 3 is 2.43 bits per heavy atom.